The first-order valence-electron chi connectivity index (χ1n) is 6.61. The molecule has 0 saturated carbocycles. The summed E-state index contributed by atoms with van der Waals surface area (Å²) in [5.41, 5.74) is 8.38. The molecular weight excluding hydrogens is 246 g/mol. The highest BCUT2D eigenvalue weighted by atomic mass is 16.5. The number of nitrogens with two attached hydrogens (primary N) is 1. The number of benzene rings is 1. The summed E-state index contributed by atoms with van der Waals surface area (Å²) >= 11 is 0. The molecule has 0 bridgehead atoms. The summed E-state index contributed by atoms with van der Waals surface area (Å²) in [4.78, 5) is 11.2. The average molecular weight is 263 g/mol. The van der Waals surface area contributed by atoms with Crippen molar-refractivity contribution >= 4 is 5.97 Å². The van der Waals surface area contributed by atoms with Crippen LogP contribution >= 0.6 is 0 Å². The predicted octanol–water partition coefficient (Wildman–Crippen LogP) is 1.42. The first kappa shape index (κ1) is 12.3. The molecule has 3 N–H and O–H groups in total. The minimum Gasteiger partial charge on any atom is -0.493 e. The van der Waals surface area contributed by atoms with E-state index in [4.69, 9.17) is 15.2 Å². The van der Waals surface area contributed by atoms with Crippen LogP contribution in [0.1, 0.15) is 35.6 Å². The number of rotatable bonds is 2. The number of carboxylic acids is 1. The van der Waals surface area contributed by atoms with Gasteiger partial charge in [0.25, 0.3) is 0 Å². The molecule has 3 rings (SSSR count). The largest absolute Gasteiger partial charge is 0.493 e. The Labute approximate surface area is 111 Å². The van der Waals surface area contributed by atoms with Gasteiger partial charge in [0.1, 0.15) is 17.5 Å². The van der Waals surface area contributed by atoms with Crippen molar-refractivity contribution in [1.82, 2.24) is 0 Å². The van der Waals surface area contributed by atoms with Crippen LogP contribution in [0.15, 0.2) is 6.07 Å². The number of aliphatic carboxylic acids is 1. The molecule has 1 unspecified atom stereocenters. The fourth-order valence-corrected chi connectivity index (χ4v) is 2.82. The Hall–Kier alpha value is -1.75. The highest BCUT2D eigenvalue weighted by Crippen LogP contribution is 2.42. The van der Waals surface area contributed by atoms with E-state index in [1.807, 2.05) is 6.07 Å². The van der Waals surface area contributed by atoms with E-state index < -0.39 is 12.0 Å². The zero-order valence-electron chi connectivity index (χ0n) is 10.6. The smallest absolute Gasteiger partial charge is 0.325 e. The summed E-state index contributed by atoms with van der Waals surface area (Å²) in [6.07, 6.45) is 3.49. The standard InChI is InChI=1S/C14H17NO4/c15-12(14(16)17)11-9-4-2-5-18-10(9)7-8-3-1-6-19-13(8)11/h7,12H,1-6,15H2,(H,16,17). The molecule has 0 spiro atoms. The van der Waals surface area contributed by atoms with Gasteiger partial charge in [-0.05, 0) is 37.3 Å². The van der Waals surface area contributed by atoms with Crippen molar-refractivity contribution in [2.24, 2.45) is 5.73 Å². The number of hydrogen-bond acceptors (Lipinski definition) is 4. The van der Waals surface area contributed by atoms with Crippen molar-refractivity contribution in [2.75, 3.05) is 13.2 Å². The molecule has 0 aliphatic carbocycles. The van der Waals surface area contributed by atoms with Gasteiger partial charge in [0.05, 0.1) is 13.2 Å². The number of fused-ring (bicyclic) bond motifs is 2. The second-order valence-electron chi connectivity index (χ2n) is 4.98. The number of carboxylic acid groups (broad SMARTS) is 1. The van der Waals surface area contributed by atoms with Crippen LogP contribution in [0.3, 0.4) is 0 Å². The maximum Gasteiger partial charge on any atom is 0.325 e. The first-order chi connectivity index (χ1) is 9.18. The lowest BCUT2D eigenvalue weighted by Crippen LogP contribution is -2.26. The Morgan fingerprint density at radius 2 is 2.00 bits per heavy atom. The molecule has 0 amide bonds. The van der Waals surface area contributed by atoms with E-state index in [1.54, 1.807) is 0 Å². The number of ether oxygens (including phenoxy) is 2. The van der Waals surface area contributed by atoms with Gasteiger partial charge in [-0.15, -0.1) is 0 Å². The van der Waals surface area contributed by atoms with Crippen LogP contribution in [-0.4, -0.2) is 24.3 Å². The predicted molar refractivity (Wildman–Crippen MR) is 68.6 cm³/mol. The summed E-state index contributed by atoms with van der Waals surface area (Å²) < 4.78 is 11.3. The maximum absolute atomic E-state index is 11.2. The molecule has 2 aliphatic heterocycles. The molecule has 102 valence electrons. The lowest BCUT2D eigenvalue weighted by atomic mass is 9.89. The molecule has 0 saturated heterocycles. The van der Waals surface area contributed by atoms with Gasteiger partial charge in [-0.3, -0.25) is 4.79 Å². The summed E-state index contributed by atoms with van der Waals surface area (Å²) in [5.74, 6) is 0.419. The molecule has 1 atom stereocenters. The van der Waals surface area contributed by atoms with E-state index in [9.17, 15) is 9.90 Å². The van der Waals surface area contributed by atoms with E-state index in [0.29, 0.717) is 24.5 Å². The molecule has 19 heavy (non-hydrogen) atoms. The van der Waals surface area contributed by atoms with Crippen molar-refractivity contribution in [3.8, 4) is 11.5 Å². The Kier molecular flexibility index (Phi) is 3.06. The zero-order chi connectivity index (χ0) is 13.4. The maximum atomic E-state index is 11.2. The van der Waals surface area contributed by atoms with Gasteiger partial charge in [0, 0.05) is 11.1 Å². The van der Waals surface area contributed by atoms with Gasteiger partial charge in [-0.2, -0.15) is 0 Å². The van der Waals surface area contributed by atoms with Crippen molar-refractivity contribution in [1.29, 1.82) is 0 Å². The van der Waals surface area contributed by atoms with E-state index in [2.05, 4.69) is 0 Å². The third-order valence-electron chi connectivity index (χ3n) is 3.71. The molecule has 1 aromatic rings. The van der Waals surface area contributed by atoms with Gasteiger partial charge >= 0.3 is 5.97 Å². The van der Waals surface area contributed by atoms with Crippen LogP contribution in [0.25, 0.3) is 0 Å². The fourth-order valence-electron chi connectivity index (χ4n) is 2.82. The summed E-state index contributed by atoms with van der Waals surface area (Å²) in [6.45, 7) is 1.29. The minimum atomic E-state index is -1.05. The van der Waals surface area contributed by atoms with Gasteiger partial charge < -0.3 is 20.3 Å². The molecule has 0 aromatic heterocycles. The van der Waals surface area contributed by atoms with E-state index in [1.165, 1.54) is 0 Å². The second-order valence-corrected chi connectivity index (χ2v) is 4.98. The minimum absolute atomic E-state index is 0.611. The Morgan fingerprint density at radius 3 is 2.79 bits per heavy atom. The lowest BCUT2D eigenvalue weighted by molar-refractivity contribution is -0.138. The van der Waals surface area contributed by atoms with E-state index >= 15 is 0 Å². The van der Waals surface area contributed by atoms with Crippen molar-refractivity contribution < 1.29 is 19.4 Å². The molecule has 2 heterocycles. The Morgan fingerprint density at radius 1 is 1.26 bits per heavy atom. The highest BCUT2D eigenvalue weighted by Gasteiger charge is 2.30. The van der Waals surface area contributed by atoms with Crippen LogP contribution in [0.5, 0.6) is 11.5 Å². The molecule has 5 heteroatoms. The van der Waals surface area contributed by atoms with E-state index in [-0.39, 0.29) is 0 Å². The molecule has 5 nitrogen and oxygen atoms in total. The van der Waals surface area contributed by atoms with Gasteiger partial charge in [-0.25, -0.2) is 0 Å². The van der Waals surface area contributed by atoms with Crippen molar-refractivity contribution in [3.63, 3.8) is 0 Å². The topological polar surface area (TPSA) is 81.8 Å². The first-order valence-corrected chi connectivity index (χ1v) is 6.61. The normalized spacial score (nSPS) is 18.6. The summed E-state index contributed by atoms with van der Waals surface area (Å²) in [7, 11) is 0. The Bertz CT molecular complexity index is 492. The number of hydrogen-bond donors (Lipinski definition) is 2. The molecule has 1 aromatic carbocycles. The molecule has 0 radical (unpaired) electrons. The molecular formula is C14H17NO4. The fraction of sp³-hybridized carbons (Fsp3) is 0.500. The van der Waals surface area contributed by atoms with E-state index in [0.717, 1.165) is 42.6 Å². The van der Waals surface area contributed by atoms with Crippen LogP contribution in [0.2, 0.25) is 0 Å². The third-order valence-corrected chi connectivity index (χ3v) is 3.71. The Balaban J connectivity index is 2.19. The van der Waals surface area contributed by atoms with Crippen LogP contribution in [-0.2, 0) is 17.6 Å². The quantitative estimate of drug-likeness (QED) is 0.843. The van der Waals surface area contributed by atoms with Crippen molar-refractivity contribution in [3.05, 3.63) is 22.8 Å². The number of carbonyl (C=O) groups is 1. The van der Waals surface area contributed by atoms with Crippen LogP contribution in [0, 0.1) is 0 Å². The zero-order valence-corrected chi connectivity index (χ0v) is 10.6. The van der Waals surface area contributed by atoms with Crippen LogP contribution in [0.4, 0.5) is 0 Å². The number of aryl methyl sites for hydroxylation is 1. The molecule has 0 fully saturated rings. The lowest BCUT2D eigenvalue weighted by Gasteiger charge is -2.28. The monoisotopic (exact) mass is 263 g/mol. The molecule has 2 aliphatic rings. The average Bonchev–Trinajstić information content (AvgIpc) is 2.43. The second kappa shape index (κ2) is 4.74. The van der Waals surface area contributed by atoms with Crippen molar-refractivity contribution in [2.45, 2.75) is 31.7 Å². The SMILES string of the molecule is NC(C(=O)O)c1c2c(cc3c1OCCC3)OCCC2. The van der Waals surface area contributed by atoms with Gasteiger partial charge in [-0.1, -0.05) is 0 Å². The highest BCUT2D eigenvalue weighted by molar-refractivity contribution is 5.78. The summed E-state index contributed by atoms with van der Waals surface area (Å²) in [6, 6.07) is 0.935. The summed E-state index contributed by atoms with van der Waals surface area (Å²) in [5, 5.41) is 9.22. The van der Waals surface area contributed by atoms with Crippen LogP contribution < -0.4 is 15.2 Å². The van der Waals surface area contributed by atoms with Gasteiger partial charge in [0.2, 0.25) is 0 Å². The van der Waals surface area contributed by atoms with Gasteiger partial charge in [0.15, 0.2) is 0 Å². The third kappa shape index (κ3) is 2.04.